The first-order valence-corrected chi connectivity index (χ1v) is 32.1. The number of amides is 9. The molecule has 0 radical (unpaired) electrons. The Morgan fingerprint density at radius 1 is 0.761 bits per heavy atom. The molecule has 2 fully saturated rings. The van der Waals surface area contributed by atoms with Crippen LogP contribution in [0.2, 0.25) is 0 Å². The van der Waals surface area contributed by atoms with Gasteiger partial charge in [0, 0.05) is 25.9 Å². The van der Waals surface area contributed by atoms with E-state index in [2.05, 4.69) is 58.5 Å². The molecule has 27 nitrogen and oxygen atoms in total. The van der Waals surface area contributed by atoms with E-state index in [0.717, 1.165) is 31.2 Å². The Labute approximate surface area is 538 Å². The summed E-state index contributed by atoms with van der Waals surface area (Å²) in [7, 11) is 1.61. The molecule has 92 heavy (non-hydrogen) atoms. The van der Waals surface area contributed by atoms with Crippen molar-refractivity contribution in [3.05, 3.63) is 35.9 Å². The van der Waals surface area contributed by atoms with E-state index in [1.165, 1.54) is 13.8 Å². The number of esters is 1. The summed E-state index contributed by atoms with van der Waals surface area (Å²) in [5.74, 6) is -11.9. The number of aliphatic hydroxyl groups is 2. The molecule has 0 bridgehead atoms. The maximum absolute atomic E-state index is 14.6. The van der Waals surface area contributed by atoms with Crippen LogP contribution in [-0.4, -0.2) is 193 Å². The fourth-order valence-electron chi connectivity index (χ4n) is 10.9. The molecule has 518 valence electrons. The van der Waals surface area contributed by atoms with Gasteiger partial charge in [-0.15, -0.1) is 0 Å². The Hall–Kier alpha value is -7.08. The monoisotopic (exact) mass is 1300 g/mol. The van der Waals surface area contributed by atoms with Crippen molar-refractivity contribution in [2.75, 3.05) is 33.4 Å². The number of nitrogens with one attached hydrogen (secondary N) is 11. The minimum atomic E-state index is -2.82. The van der Waals surface area contributed by atoms with Gasteiger partial charge in [0.05, 0.1) is 25.3 Å². The number of aldehydes is 2. The molecule has 1 aromatic rings. The lowest BCUT2D eigenvalue weighted by atomic mass is 9.83. The summed E-state index contributed by atoms with van der Waals surface area (Å²) in [6.07, 6.45) is 0.00511. The number of hydrogen-bond acceptors (Lipinski definition) is 18. The Balaban J connectivity index is 1.91. The largest absolute Gasteiger partial charge is 0.459 e. The normalized spacial score (nSPS) is 23.3. The standard InChI is InChI=1S/C63H102F2N12O15/c1-11-15-16-17-21-24-43(71-54(85)45(67-10)27-41-22-19-18-20-23-41)53(84)73-46(30-78)55(86)72-44(25-26-48(66)82)56(87)76-62(35-81,38(7)14-4)32-69-49(36(5)12-2)58(89)75-61(33-79,34-80)31-68-51-40(9)92-59(90)50(37(6)13-3)74-60(91)63(29-42(63)28-47(64)65)77-52(83)39(8)70-57(51)88/h18-20,22-23,33,35-40,42-47,49-51,67-69,78,80H,11-17,21,24-32,34H2,1-10H3,(H2,66,82)(H,70,88)(H,71,85)(H,72,86)(H,73,84)(H,74,91)(H,75,89)(H,76,87)(H,77,83)/t36-,37-,38-,39-,40-,42?,43-,44+,45+,46-,49-,50-,51+,61+,62+,63?/m0/s1. The van der Waals surface area contributed by atoms with Crippen LogP contribution in [0.25, 0.3) is 0 Å². The first-order chi connectivity index (χ1) is 43.5. The second-order valence-electron chi connectivity index (χ2n) is 24.8. The molecule has 3 rings (SSSR count). The molecule has 0 aromatic heterocycles. The molecule has 29 heteroatoms. The van der Waals surface area contributed by atoms with Crippen molar-refractivity contribution in [3.63, 3.8) is 0 Å². The maximum Gasteiger partial charge on any atom is 0.329 e. The molecule has 15 N–H and O–H groups in total. The summed E-state index contributed by atoms with van der Waals surface area (Å²) >= 11 is 0. The van der Waals surface area contributed by atoms with Crippen molar-refractivity contribution in [2.24, 2.45) is 29.4 Å². The van der Waals surface area contributed by atoms with Gasteiger partial charge in [0.2, 0.25) is 59.6 Å². The van der Waals surface area contributed by atoms with Crippen LogP contribution in [0.15, 0.2) is 30.3 Å². The van der Waals surface area contributed by atoms with Crippen LogP contribution in [0.5, 0.6) is 0 Å². The zero-order valence-corrected chi connectivity index (χ0v) is 54.9. The van der Waals surface area contributed by atoms with Gasteiger partial charge in [-0.25, -0.2) is 13.6 Å². The number of unbranched alkanes of at least 4 members (excludes halogenated alkanes) is 4. The second-order valence-corrected chi connectivity index (χ2v) is 24.8. The van der Waals surface area contributed by atoms with Crippen molar-refractivity contribution in [3.8, 4) is 0 Å². The van der Waals surface area contributed by atoms with Crippen LogP contribution < -0.4 is 64.2 Å². The molecule has 2 unspecified atom stereocenters. The highest BCUT2D eigenvalue weighted by molar-refractivity contribution is 6.00. The predicted octanol–water partition coefficient (Wildman–Crippen LogP) is -0.491. The van der Waals surface area contributed by atoms with Crippen LogP contribution in [0.3, 0.4) is 0 Å². The SMILES string of the molecule is CCCCCCC[C@H](NC(=O)[C@@H](Cc1ccccc1)NC)C(=O)N[C@@H](CO)C(=O)N[C@H](CCC(N)=O)C(=O)N[C@@](C=O)(CN[C@H](C(=O)N[C@](C=O)(CO)CN[C@H]1C(=O)N[C@@H](C)C(=O)NC2(CC2CC(F)F)C(=O)N[C@@H]([C@@H](C)CC)C(=O)O[C@H]1C)[C@@H](C)CC)[C@@H](C)CC. The highest BCUT2D eigenvalue weighted by atomic mass is 19.3. The van der Waals surface area contributed by atoms with Crippen molar-refractivity contribution in [1.29, 1.82) is 0 Å². The van der Waals surface area contributed by atoms with E-state index in [9.17, 15) is 76.5 Å². The number of nitrogens with two attached hydrogens (primary N) is 1. The van der Waals surface area contributed by atoms with E-state index >= 15 is 0 Å². The molecule has 2 aliphatic rings. The van der Waals surface area contributed by atoms with Gasteiger partial charge in [-0.3, -0.25) is 48.5 Å². The number of carbonyl (C=O) groups excluding carboxylic acids is 12. The second kappa shape index (κ2) is 38.2. The third kappa shape index (κ3) is 22.9. The van der Waals surface area contributed by atoms with Crippen molar-refractivity contribution >= 4 is 71.7 Å². The average molecular weight is 1310 g/mol. The van der Waals surface area contributed by atoms with Gasteiger partial charge in [-0.2, -0.15) is 0 Å². The molecule has 1 aliphatic heterocycles. The highest BCUT2D eigenvalue weighted by Gasteiger charge is 2.62. The summed E-state index contributed by atoms with van der Waals surface area (Å²) in [6, 6.07) is -1.72. The third-order valence-electron chi connectivity index (χ3n) is 17.9. The molecule has 16 atom stereocenters. The number of hydrogen-bond donors (Lipinski definition) is 14. The van der Waals surface area contributed by atoms with Crippen LogP contribution in [0.4, 0.5) is 8.78 Å². The molecule has 1 aliphatic carbocycles. The minimum Gasteiger partial charge on any atom is -0.459 e. The number of aliphatic hydroxyl groups excluding tert-OH is 2. The van der Waals surface area contributed by atoms with E-state index in [0.29, 0.717) is 32.0 Å². The first-order valence-electron chi connectivity index (χ1n) is 32.1. The number of alkyl halides is 2. The average Bonchev–Trinajstić information content (AvgIpc) is 1.58. The zero-order chi connectivity index (χ0) is 69.1. The Kier molecular flexibility index (Phi) is 32.9. The van der Waals surface area contributed by atoms with Crippen LogP contribution in [0.1, 0.15) is 151 Å². The summed E-state index contributed by atoms with van der Waals surface area (Å²) in [5, 5.41) is 50.8. The number of cyclic esters (lactones) is 1. The smallest absolute Gasteiger partial charge is 0.329 e. The van der Waals surface area contributed by atoms with E-state index in [-0.39, 0.29) is 25.5 Å². The van der Waals surface area contributed by atoms with Gasteiger partial charge in [-0.05, 0) is 75.8 Å². The Bertz CT molecular complexity index is 2650. The zero-order valence-electron chi connectivity index (χ0n) is 54.9. The lowest BCUT2D eigenvalue weighted by Gasteiger charge is -2.39. The van der Waals surface area contributed by atoms with Gasteiger partial charge in [0.1, 0.15) is 71.5 Å². The molecule has 1 spiro atoms. The summed E-state index contributed by atoms with van der Waals surface area (Å²) in [5.41, 5.74) is 0.414. The fraction of sp³-hybridized carbons (Fsp3) is 0.714. The molecule has 9 amide bonds. The van der Waals surface area contributed by atoms with Crippen molar-refractivity contribution in [2.45, 2.75) is 230 Å². The highest BCUT2D eigenvalue weighted by Crippen LogP contribution is 2.48. The van der Waals surface area contributed by atoms with Gasteiger partial charge in [-0.1, -0.05) is 130 Å². The number of carbonyl (C=O) groups is 12. The lowest BCUT2D eigenvalue weighted by molar-refractivity contribution is -0.156. The fourth-order valence-corrected chi connectivity index (χ4v) is 10.9. The number of benzene rings is 1. The predicted molar refractivity (Wildman–Crippen MR) is 335 cm³/mol. The van der Waals surface area contributed by atoms with E-state index < -0.39 is 206 Å². The lowest BCUT2D eigenvalue weighted by Crippen LogP contribution is -2.68. The Morgan fingerprint density at radius 3 is 1.93 bits per heavy atom. The van der Waals surface area contributed by atoms with Crippen molar-refractivity contribution < 1.29 is 81.3 Å². The van der Waals surface area contributed by atoms with Crippen molar-refractivity contribution in [1.82, 2.24) is 58.5 Å². The first kappa shape index (κ1) is 79.2. The number of ether oxygens (including phenoxy) is 1. The maximum atomic E-state index is 14.6. The van der Waals surface area contributed by atoms with E-state index in [1.807, 2.05) is 37.3 Å². The van der Waals surface area contributed by atoms with Crippen LogP contribution in [0, 0.1) is 23.7 Å². The molecular weight excluding hydrogens is 1200 g/mol. The van der Waals surface area contributed by atoms with Crippen LogP contribution in [-0.2, 0) is 68.7 Å². The van der Waals surface area contributed by atoms with E-state index in [1.54, 1.807) is 48.6 Å². The molecular formula is C63H102F2N12O15. The Morgan fingerprint density at radius 2 is 1.38 bits per heavy atom. The number of halogens is 2. The van der Waals surface area contributed by atoms with Gasteiger partial charge >= 0.3 is 5.97 Å². The molecule has 1 heterocycles. The number of likely N-dealkylation sites (N-methyl/N-ethyl adjacent to an activating group) is 1. The number of rotatable bonds is 40. The molecule has 1 saturated heterocycles. The van der Waals surface area contributed by atoms with Crippen LogP contribution >= 0.6 is 0 Å². The topological polar surface area (TPSA) is 413 Å². The summed E-state index contributed by atoms with van der Waals surface area (Å²) in [4.78, 5) is 165. The van der Waals surface area contributed by atoms with Gasteiger partial charge in [0.25, 0.3) is 0 Å². The summed E-state index contributed by atoms with van der Waals surface area (Å²) in [6.45, 7) is 11.4. The molecule has 1 aromatic carbocycles. The minimum absolute atomic E-state index is 0.168. The third-order valence-corrected chi connectivity index (χ3v) is 17.9. The number of primary amides is 1. The quantitative estimate of drug-likeness (QED) is 0.0224. The summed E-state index contributed by atoms with van der Waals surface area (Å²) < 4.78 is 33.0. The molecule has 1 saturated carbocycles. The van der Waals surface area contributed by atoms with Gasteiger partial charge in [0.15, 0.2) is 0 Å². The van der Waals surface area contributed by atoms with Gasteiger partial charge < -0.3 is 83.4 Å². The van der Waals surface area contributed by atoms with E-state index in [4.69, 9.17) is 10.5 Å².